The molecule has 2 aromatic heterocycles. The Morgan fingerprint density at radius 3 is 2.64 bits per heavy atom. The molecule has 5 nitrogen and oxygen atoms in total. The van der Waals surface area contributed by atoms with Crippen molar-refractivity contribution in [2.45, 2.75) is 38.1 Å². The Kier molecular flexibility index (Phi) is 3.88. The van der Waals surface area contributed by atoms with Crippen LogP contribution in [0, 0.1) is 0 Å². The molecule has 0 radical (unpaired) electrons. The van der Waals surface area contributed by atoms with Crippen molar-refractivity contribution >= 4 is 26.7 Å². The van der Waals surface area contributed by atoms with Gasteiger partial charge in [0.1, 0.15) is 5.52 Å². The average molecular weight is 318 g/mol. The van der Waals surface area contributed by atoms with Gasteiger partial charge < -0.3 is 14.9 Å². The minimum atomic E-state index is 0.0755. The minimum Gasteiger partial charge on any atom is -0.493 e. The van der Waals surface area contributed by atoms with Gasteiger partial charge in [0.05, 0.1) is 10.9 Å². The zero-order chi connectivity index (χ0) is 14.9. The van der Waals surface area contributed by atoms with E-state index in [4.69, 9.17) is 0 Å². The molecule has 118 valence electrons. The third-order valence-electron chi connectivity index (χ3n) is 4.89. The summed E-state index contributed by atoms with van der Waals surface area (Å²) in [6.45, 7) is 4.74. The molecule has 6 heteroatoms. The third kappa shape index (κ3) is 2.77. The van der Waals surface area contributed by atoms with E-state index in [1.165, 1.54) is 45.2 Å². The highest BCUT2D eigenvalue weighted by Crippen LogP contribution is 2.32. The van der Waals surface area contributed by atoms with E-state index >= 15 is 0 Å². The Hall–Kier alpha value is -1.40. The van der Waals surface area contributed by atoms with Gasteiger partial charge in [-0.2, -0.15) is 0 Å². The molecule has 22 heavy (non-hydrogen) atoms. The first-order valence-corrected chi connectivity index (χ1v) is 9.06. The Balaban J connectivity index is 1.43. The molecule has 2 saturated heterocycles. The normalized spacial score (nSPS) is 21.5. The number of aromatic nitrogens is 2. The van der Waals surface area contributed by atoms with E-state index in [1.54, 1.807) is 23.6 Å². The second-order valence-electron chi connectivity index (χ2n) is 6.32. The van der Waals surface area contributed by atoms with Crippen LogP contribution in [0.5, 0.6) is 5.88 Å². The fraction of sp³-hybridized carbons (Fsp3) is 0.625. The minimum absolute atomic E-state index is 0.0755. The molecule has 2 aromatic rings. The Morgan fingerprint density at radius 2 is 1.86 bits per heavy atom. The van der Waals surface area contributed by atoms with E-state index in [2.05, 4.69) is 19.8 Å². The van der Waals surface area contributed by atoms with Gasteiger partial charge in [-0.25, -0.2) is 9.97 Å². The number of hydrogen-bond donors (Lipinski definition) is 1. The van der Waals surface area contributed by atoms with Gasteiger partial charge >= 0.3 is 0 Å². The summed E-state index contributed by atoms with van der Waals surface area (Å²) in [5.41, 5.74) is 0.885. The maximum absolute atomic E-state index is 9.48. The number of rotatable bonds is 2. The molecular formula is C16H22N4OS. The summed E-state index contributed by atoms with van der Waals surface area (Å²) >= 11 is 1.66. The molecule has 1 N–H and O–H groups in total. The van der Waals surface area contributed by atoms with Crippen LogP contribution in [-0.4, -0.2) is 52.2 Å². The highest BCUT2D eigenvalue weighted by molar-refractivity contribution is 7.22. The standard InChI is InChI=1S/C16H22N4OS/c21-15-10-14-13(11-17-15)18-16(22-14)20-8-4-12(5-9-20)19-6-2-1-3-7-19/h10-12H,1-9H2,(H,17,21). The van der Waals surface area contributed by atoms with Crippen LogP contribution in [-0.2, 0) is 0 Å². The van der Waals surface area contributed by atoms with Crippen LogP contribution in [0.25, 0.3) is 10.2 Å². The average Bonchev–Trinajstić information content (AvgIpc) is 2.99. The van der Waals surface area contributed by atoms with E-state index in [1.807, 2.05) is 0 Å². The first-order chi connectivity index (χ1) is 10.8. The van der Waals surface area contributed by atoms with E-state index in [0.717, 1.165) is 34.5 Å². The predicted octanol–water partition coefficient (Wildman–Crippen LogP) is 2.85. The van der Waals surface area contributed by atoms with Crippen molar-refractivity contribution in [2.24, 2.45) is 0 Å². The molecule has 0 saturated carbocycles. The van der Waals surface area contributed by atoms with Crippen molar-refractivity contribution < 1.29 is 5.11 Å². The first-order valence-electron chi connectivity index (χ1n) is 8.24. The summed E-state index contributed by atoms with van der Waals surface area (Å²) < 4.78 is 1.01. The van der Waals surface area contributed by atoms with Crippen LogP contribution in [0.4, 0.5) is 5.13 Å². The Morgan fingerprint density at radius 1 is 1.09 bits per heavy atom. The number of aromatic hydroxyl groups is 1. The molecule has 2 fully saturated rings. The topological polar surface area (TPSA) is 52.5 Å². The lowest BCUT2D eigenvalue weighted by Gasteiger charge is -2.40. The van der Waals surface area contributed by atoms with Crippen molar-refractivity contribution in [3.05, 3.63) is 12.3 Å². The summed E-state index contributed by atoms with van der Waals surface area (Å²) in [7, 11) is 0. The molecule has 0 spiro atoms. The highest BCUT2D eigenvalue weighted by atomic mass is 32.1. The van der Waals surface area contributed by atoms with Gasteiger partial charge in [0.15, 0.2) is 5.13 Å². The van der Waals surface area contributed by atoms with Crippen molar-refractivity contribution in [2.75, 3.05) is 31.1 Å². The molecule has 2 aliphatic rings. The molecular weight excluding hydrogens is 296 g/mol. The maximum atomic E-state index is 9.48. The highest BCUT2D eigenvalue weighted by Gasteiger charge is 2.26. The number of nitrogens with zero attached hydrogens (tertiary/aromatic N) is 4. The first kappa shape index (κ1) is 14.2. The van der Waals surface area contributed by atoms with Crippen molar-refractivity contribution in [1.29, 1.82) is 0 Å². The Labute approximate surface area is 134 Å². The Bertz CT molecular complexity index is 645. The van der Waals surface area contributed by atoms with Gasteiger partial charge in [0.2, 0.25) is 5.88 Å². The lowest BCUT2D eigenvalue weighted by Crippen LogP contribution is -2.46. The molecule has 0 amide bonds. The lowest BCUT2D eigenvalue weighted by molar-refractivity contribution is 0.141. The molecule has 0 atom stereocenters. The predicted molar refractivity (Wildman–Crippen MR) is 89.7 cm³/mol. The smallest absolute Gasteiger partial charge is 0.212 e. The van der Waals surface area contributed by atoms with Gasteiger partial charge in [-0.15, -0.1) is 0 Å². The summed E-state index contributed by atoms with van der Waals surface area (Å²) in [6, 6.07) is 2.47. The number of hydrogen-bond acceptors (Lipinski definition) is 6. The SMILES string of the molecule is Oc1cc2sc(N3CCC(N4CCCCC4)CC3)nc2cn1. The summed E-state index contributed by atoms with van der Waals surface area (Å²) in [4.78, 5) is 13.7. The fourth-order valence-corrected chi connectivity index (χ4v) is 4.67. The molecule has 4 heterocycles. The van der Waals surface area contributed by atoms with Crippen LogP contribution >= 0.6 is 11.3 Å². The van der Waals surface area contributed by atoms with E-state index in [-0.39, 0.29) is 5.88 Å². The zero-order valence-electron chi connectivity index (χ0n) is 12.7. The number of pyridine rings is 1. The molecule has 2 aliphatic heterocycles. The van der Waals surface area contributed by atoms with Crippen molar-refractivity contribution in [3.8, 4) is 5.88 Å². The van der Waals surface area contributed by atoms with Crippen LogP contribution < -0.4 is 4.90 Å². The summed E-state index contributed by atoms with van der Waals surface area (Å²) in [5, 5.41) is 10.5. The van der Waals surface area contributed by atoms with Crippen LogP contribution in [0.3, 0.4) is 0 Å². The van der Waals surface area contributed by atoms with Crippen LogP contribution in [0.2, 0.25) is 0 Å². The molecule has 0 bridgehead atoms. The van der Waals surface area contributed by atoms with E-state index in [9.17, 15) is 5.11 Å². The second kappa shape index (κ2) is 6.01. The van der Waals surface area contributed by atoms with Crippen LogP contribution in [0.15, 0.2) is 12.3 Å². The lowest BCUT2D eigenvalue weighted by atomic mass is 10.0. The number of thiazole rings is 1. The van der Waals surface area contributed by atoms with Crippen LogP contribution in [0.1, 0.15) is 32.1 Å². The maximum Gasteiger partial charge on any atom is 0.212 e. The van der Waals surface area contributed by atoms with Gasteiger partial charge in [-0.05, 0) is 38.8 Å². The van der Waals surface area contributed by atoms with Crippen molar-refractivity contribution in [1.82, 2.24) is 14.9 Å². The third-order valence-corrected chi connectivity index (χ3v) is 5.97. The van der Waals surface area contributed by atoms with E-state index in [0.29, 0.717) is 0 Å². The second-order valence-corrected chi connectivity index (χ2v) is 7.33. The molecule has 0 unspecified atom stereocenters. The van der Waals surface area contributed by atoms with Crippen molar-refractivity contribution in [3.63, 3.8) is 0 Å². The summed E-state index contributed by atoms with van der Waals surface area (Å²) in [5.74, 6) is 0.0755. The fourth-order valence-electron chi connectivity index (χ4n) is 3.65. The van der Waals surface area contributed by atoms with Gasteiger partial charge in [0.25, 0.3) is 0 Å². The number of likely N-dealkylation sites (tertiary alicyclic amines) is 1. The van der Waals surface area contributed by atoms with Gasteiger partial charge in [-0.3, -0.25) is 0 Å². The molecule has 0 aliphatic carbocycles. The van der Waals surface area contributed by atoms with Gasteiger partial charge in [-0.1, -0.05) is 17.8 Å². The number of piperidine rings is 2. The quantitative estimate of drug-likeness (QED) is 0.923. The molecule has 0 aromatic carbocycles. The van der Waals surface area contributed by atoms with Gasteiger partial charge in [0, 0.05) is 25.2 Å². The number of fused-ring (bicyclic) bond motifs is 1. The zero-order valence-corrected chi connectivity index (χ0v) is 13.6. The van der Waals surface area contributed by atoms with E-state index < -0.39 is 0 Å². The molecule has 4 rings (SSSR count). The largest absolute Gasteiger partial charge is 0.493 e. The number of anilines is 1. The summed E-state index contributed by atoms with van der Waals surface area (Å²) in [6.07, 6.45) is 8.27. The monoisotopic (exact) mass is 318 g/mol.